The number of benzene rings is 1. The predicted molar refractivity (Wildman–Crippen MR) is 84.4 cm³/mol. The number of methoxy groups -OCH3 is 1. The monoisotopic (exact) mass is 301 g/mol. The van der Waals surface area contributed by atoms with Crippen LogP contribution in [0.25, 0.3) is 0 Å². The van der Waals surface area contributed by atoms with E-state index in [1.807, 2.05) is 29.6 Å². The van der Waals surface area contributed by atoms with Crippen molar-refractivity contribution in [1.82, 2.24) is 5.32 Å². The lowest BCUT2D eigenvalue weighted by Crippen LogP contribution is -2.29. The van der Waals surface area contributed by atoms with Crippen LogP contribution in [0.1, 0.15) is 39.7 Å². The lowest BCUT2D eigenvalue weighted by Gasteiger charge is -2.18. The molecule has 1 aliphatic carbocycles. The molecule has 1 fully saturated rings. The zero-order valence-electron chi connectivity index (χ0n) is 12.0. The molecular weight excluding hydrogens is 282 g/mol. The predicted octanol–water partition coefficient (Wildman–Crippen LogP) is 3.78. The molecule has 0 radical (unpaired) electrons. The molecular formula is C17H19NO2S. The summed E-state index contributed by atoms with van der Waals surface area (Å²) in [6.07, 6.45) is 2.38. The molecule has 0 aliphatic heterocycles. The Morgan fingerprint density at radius 3 is 2.76 bits per heavy atom. The molecule has 0 bridgehead atoms. The molecule has 1 N–H and O–H groups in total. The SMILES string of the molecule is COCc1ccsc1C(=O)N[C@@H](c1ccccc1)C1CC1. The summed E-state index contributed by atoms with van der Waals surface area (Å²) in [6.45, 7) is 0.478. The third-order valence-electron chi connectivity index (χ3n) is 3.79. The summed E-state index contributed by atoms with van der Waals surface area (Å²) in [5, 5.41) is 5.15. The van der Waals surface area contributed by atoms with Crippen molar-refractivity contribution >= 4 is 17.2 Å². The minimum absolute atomic E-state index is 0.0119. The van der Waals surface area contributed by atoms with E-state index in [0.717, 1.165) is 10.4 Å². The number of ether oxygens (including phenoxy) is 1. The van der Waals surface area contributed by atoms with Crippen molar-refractivity contribution in [2.45, 2.75) is 25.5 Å². The van der Waals surface area contributed by atoms with Gasteiger partial charge in [0.05, 0.1) is 17.5 Å². The number of nitrogens with one attached hydrogen (secondary N) is 1. The smallest absolute Gasteiger partial charge is 0.262 e. The number of carbonyl (C=O) groups excluding carboxylic acids is 1. The van der Waals surface area contributed by atoms with Crippen LogP contribution in [-0.4, -0.2) is 13.0 Å². The normalized spacial score (nSPS) is 15.7. The van der Waals surface area contributed by atoms with E-state index in [9.17, 15) is 4.79 Å². The number of amides is 1. The maximum atomic E-state index is 12.6. The number of hydrogen-bond donors (Lipinski definition) is 1. The highest BCUT2D eigenvalue weighted by atomic mass is 32.1. The Hall–Kier alpha value is -1.65. The Kier molecular flexibility index (Phi) is 4.36. The van der Waals surface area contributed by atoms with Crippen LogP contribution < -0.4 is 5.32 Å². The van der Waals surface area contributed by atoms with Gasteiger partial charge in [-0.05, 0) is 35.8 Å². The maximum absolute atomic E-state index is 12.6. The van der Waals surface area contributed by atoms with E-state index in [-0.39, 0.29) is 11.9 Å². The van der Waals surface area contributed by atoms with Crippen molar-refractivity contribution in [3.63, 3.8) is 0 Å². The van der Waals surface area contributed by atoms with Crippen LogP contribution >= 0.6 is 11.3 Å². The first-order valence-electron chi connectivity index (χ1n) is 7.20. The van der Waals surface area contributed by atoms with E-state index >= 15 is 0 Å². The molecule has 3 nitrogen and oxygen atoms in total. The second-order valence-corrected chi connectivity index (χ2v) is 6.32. The molecule has 1 aromatic heterocycles. The molecule has 3 rings (SSSR count). The van der Waals surface area contributed by atoms with Gasteiger partial charge in [-0.2, -0.15) is 0 Å². The fraction of sp³-hybridized carbons (Fsp3) is 0.353. The zero-order valence-corrected chi connectivity index (χ0v) is 12.9. The van der Waals surface area contributed by atoms with Gasteiger partial charge in [0.2, 0.25) is 0 Å². The molecule has 1 heterocycles. The lowest BCUT2D eigenvalue weighted by atomic mass is 10.0. The quantitative estimate of drug-likeness (QED) is 0.882. The average Bonchev–Trinajstić information content (AvgIpc) is 3.25. The van der Waals surface area contributed by atoms with Crippen LogP contribution in [0.4, 0.5) is 0 Å². The Morgan fingerprint density at radius 1 is 1.33 bits per heavy atom. The van der Waals surface area contributed by atoms with Crippen LogP contribution in [-0.2, 0) is 11.3 Å². The Bertz CT molecular complexity index is 604. The summed E-state index contributed by atoms with van der Waals surface area (Å²) < 4.78 is 5.15. The molecule has 21 heavy (non-hydrogen) atoms. The van der Waals surface area contributed by atoms with E-state index in [4.69, 9.17) is 4.74 Å². The topological polar surface area (TPSA) is 38.3 Å². The third kappa shape index (κ3) is 3.34. The summed E-state index contributed by atoms with van der Waals surface area (Å²) in [5.74, 6) is 0.583. The van der Waals surface area contributed by atoms with Gasteiger partial charge in [0.1, 0.15) is 0 Å². The summed E-state index contributed by atoms with van der Waals surface area (Å²) in [5.41, 5.74) is 2.15. The summed E-state index contributed by atoms with van der Waals surface area (Å²) >= 11 is 1.47. The molecule has 1 amide bonds. The lowest BCUT2D eigenvalue weighted by molar-refractivity contribution is 0.0931. The van der Waals surface area contributed by atoms with E-state index in [0.29, 0.717) is 12.5 Å². The molecule has 2 aromatic rings. The van der Waals surface area contributed by atoms with Gasteiger partial charge in [-0.3, -0.25) is 4.79 Å². The van der Waals surface area contributed by atoms with Gasteiger partial charge >= 0.3 is 0 Å². The first-order valence-corrected chi connectivity index (χ1v) is 8.08. The molecule has 0 saturated heterocycles. The van der Waals surface area contributed by atoms with Gasteiger partial charge in [0.15, 0.2) is 0 Å². The highest BCUT2D eigenvalue weighted by molar-refractivity contribution is 7.12. The number of thiophene rings is 1. The standard InChI is InChI=1S/C17H19NO2S/c1-20-11-14-9-10-21-16(14)17(19)18-15(13-7-8-13)12-5-3-2-4-6-12/h2-6,9-10,13,15H,7-8,11H2,1H3,(H,18,19)/t15-/m0/s1. The highest BCUT2D eigenvalue weighted by Crippen LogP contribution is 2.41. The van der Waals surface area contributed by atoms with Crippen molar-refractivity contribution in [2.24, 2.45) is 5.92 Å². The minimum Gasteiger partial charge on any atom is -0.380 e. The first-order chi connectivity index (χ1) is 10.3. The summed E-state index contributed by atoms with van der Waals surface area (Å²) in [7, 11) is 1.65. The van der Waals surface area contributed by atoms with Crippen LogP contribution in [0, 0.1) is 5.92 Å². The zero-order chi connectivity index (χ0) is 14.7. The van der Waals surface area contributed by atoms with Crippen molar-refractivity contribution in [3.8, 4) is 0 Å². The van der Waals surface area contributed by atoms with Gasteiger partial charge < -0.3 is 10.1 Å². The van der Waals surface area contributed by atoms with Crippen LogP contribution in [0.2, 0.25) is 0 Å². The number of hydrogen-bond acceptors (Lipinski definition) is 3. The molecule has 0 spiro atoms. The van der Waals surface area contributed by atoms with Gasteiger partial charge in [-0.25, -0.2) is 0 Å². The average molecular weight is 301 g/mol. The van der Waals surface area contributed by atoms with Gasteiger partial charge in [0, 0.05) is 12.7 Å². The number of carbonyl (C=O) groups is 1. The van der Waals surface area contributed by atoms with Crippen LogP contribution in [0.3, 0.4) is 0 Å². The van der Waals surface area contributed by atoms with Crippen molar-refractivity contribution in [1.29, 1.82) is 0 Å². The second-order valence-electron chi connectivity index (χ2n) is 5.41. The molecule has 1 atom stereocenters. The van der Waals surface area contributed by atoms with Crippen molar-refractivity contribution < 1.29 is 9.53 Å². The molecule has 4 heteroatoms. The van der Waals surface area contributed by atoms with E-state index in [1.165, 1.54) is 29.7 Å². The molecule has 110 valence electrons. The van der Waals surface area contributed by atoms with Gasteiger partial charge in [-0.1, -0.05) is 30.3 Å². The first kappa shape index (κ1) is 14.3. The Balaban J connectivity index is 1.77. The van der Waals surface area contributed by atoms with E-state index in [2.05, 4.69) is 17.4 Å². The number of rotatable bonds is 6. The summed E-state index contributed by atoms with van der Waals surface area (Å²) in [4.78, 5) is 13.3. The second kappa shape index (κ2) is 6.41. The molecule has 1 aliphatic rings. The Morgan fingerprint density at radius 2 is 2.10 bits per heavy atom. The van der Waals surface area contributed by atoms with Gasteiger partial charge in [-0.15, -0.1) is 11.3 Å². The van der Waals surface area contributed by atoms with Crippen molar-refractivity contribution in [3.05, 3.63) is 57.8 Å². The van der Waals surface area contributed by atoms with Crippen LogP contribution in [0.15, 0.2) is 41.8 Å². The Labute approximate surface area is 129 Å². The highest BCUT2D eigenvalue weighted by Gasteiger charge is 2.33. The fourth-order valence-electron chi connectivity index (χ4n) is 2.57. The third-order valence-corrected chi connectivity index (χ3v) is 4.75. The van der Waals surface area contributed by atoms with E-state index in [1.54, 1.807) is 7.11 Å². The summed E-state index contributed by atoms with van der Waals surface area (Å²) in [6, 6.07) is 12.3. The largest absolute Gasteiger partial charge is 0.380 e. The van der Waals surface area contributed by atoms with Crippen molar-refractivity contribution in [2.75, 3.05) is 7.11 Å². The van der Waals surface area contributed by atoms with Crippen LogP contribution in [0.5, 0.6) is 0 Å². The van der Waals surface area contributed by atoms with Gasteiger partial charge in [0.25, 0.3) is 5.91 Å². The minimum atomic E-state index is 0.0119. The maximum Gasteiger partial charge on any atom is 0.262 e. The molecule has 0 unspecified atom stereocenters. The molecule has 1 aromatic carbocycles. The van der Waals surface area contributed by atoms with E-state index < -0.39 is 0 Å². The fourth-order valence-corrected chi connectivity index (χ4v) is 3.39. The molecule has 1 saturated carbocycles.